The molecule has 0 aromatic rings. The molecule has 28 heavy (non-hydrogen) atoms. The fourth-order valence-electron chi connectivity index (χ4n) is 2.57. The lowest BCUT2D eigenvalue weighted by molar-refractivity contribution is -0.135. The van der Waals surface area contributed by atoms with Crippen molar-refractivity contribution in [3.8, 4) is 0 Å². The van der Waals surface area contributed by atoms with Crippen molar-refractivity contribution in [2.24, 2.45) is 0 Å². The van der Waals surface area contributed by atoms with E-state index in [4.69, 9.17) is 34.4 Å². The highest BCUT2D eigenvalue weighted by Crippen LogP contribution is 2.20. The lowest BCUT2D eigenvalue weighted by Crippen LogP contribution is -2.31. The van der Waals surface area contributed by atoms with E-state index in [-0.39, 0.29) is 19.0 Å². The molecule has 1 aliphatic rings. The molecule has 0 spiro atoms. The second-order valence-electron chi connectivity index (χ2n) is 6.84. The maximum absolute atomic E-state index is 9.45. The number of hydrogen-bond donors (Lipinski definition) is 4. The van der Waals surface area contributed by atoms with E-state index in [1.807, 2.05) is 0 Å². The van der Waals surface area contributed by atoms with Crippen LogP contribution in [0.25, 0.3) is 0 Å². The quantitative estimate of drug-likeness (QED) is 0.362. The molecule has 1 fully saturated rings. The van der Waals surface area contributed by atoms with Crippen molar-refractivity contribution in [1.29, 1.82) is 0 Å². The van der Waals surface area contributed by atoms with Gasteiger partial charge < -0.3 is 29.9 Å². The van der Waals surface area contributed by atoms with Crippen LogP contribution < -0.4 is 0 Å². The first-order valence-corrected chi connectivity index (χ1v) is 10.2. The number of aliphatic carboxylic acids is 2. The Hall–Kier alpha value is -1.22. The summed E-state index contributed by atoms with van der Waals surface area (Å²) in [5.41, 5.74) is 0. The monoisotopic (exact) mass is 408 g/mol. The Kier molecular flexibility index (Phi) is 21.2. The summed E-state index contributed by atoms with van der Waals surface area (Å²) in [6.07, 6.45) is 11.3. The van der Waals surface area contributed by atoms with Crippen molar-refractivity contribution in [1.82, 2.24) is 0 Å². The highest BCUT2D eigenvalue weighted by Gasteiger charge is 2.30. The molecular weight excluding hydrogens is 368 g/mol. The molecule has 8 heteroatoms. The van der Waals surface area contributed by atoms with Crippen LogP contribution in [0.5, 0.6) is 0 Å². The minimum absolute atomic E-state index is 0.189. The largest absolute Gasteiger partial charge is 0.481 e. The predicted molar refractivity (Wildman–Crippen MR) is 106 cm³/mol. The van der Waals surface area contributed by atoms with Gasteiger partial charge in [0.2, 0.25) is 0 Å². The van der Waals surface area contributed by atoms with E-state index in [0.717, 1.165) is 26.7 Å². The van der Waals surface area contributed by atoms with E-state index >= 15 is 0 Å². The molecule has 168 valence electrons. The number of ether oxygens (including phenoxy) is 2. The average molecular weight is 409 g/mol. The summed E-state index contributed by atoms with van der Waals surface area (Å²) < 4.78 is 11.0. The van der Waals surface area contributed by atoms with Gasteiger partial charge in [-0.05, 0) is 12.8 Å². The van der Waals surface area contributed by atoms with E-state index in [0.29, 0.717) is 6.61 Å². The maximum atomic E-state index is 9.45. The Bertz CT molecular complexity index is 355. The third kappa shape index (κ3) is 22.8. The maximum Gasteiger partial charge on any atom is 0.300 e. The number of carboxylic acid groups (broad SMARTS) is 2. The summed E-state index contributed by atoms with van der Waals surface area (Å²) >= 11 is 0. The number of carboxylic acids is 2. The fraction of sp³-hybridized carbons (Fsp3) is 0.900. The van der Waals surface area contributed by atoms with E-state index in [9.17, 15) is 5.11 Å². The fourth-order valence-corrected chi connectivity index (χ4v) is 2.57. The molecule has 1 rings (SSSR count). The number of hydrogen-bond acceptors (Lipinski definition) is 6. The van der Waals surface area contributed by atoms with Crippen LogP contribution in [-0.2, 0) is 19.1 Å². The zero-order valence-corrected chi connectivity index (χ0v) is 17.6. The molecule has 1 heterocycles. The van der Waals surface area contributed by atoms with E-state index in [2.05, 4.69) is 6.92 Å². The van der Waals surface area contributed by atoms with Crippen LogP contribution in [0.15, 0.2) is 0 Å². The van der Waals surface area contributed by atoms with E-state index in [1.165, 1.54) is 51.4 Å². The Morgan fingerprint density at radius 1 is 0.929 bits per heavy atom. The van der Waals surface area contributed by atoms with Crippen molar-refractivity contribution >= 4 is 11.9 Å². The minimum atomic E-state index is -0.833. The second kappa shape index (κ2) is 20.5. The first-order valence-electron chi connectivity index (χ1n) is 10.2. The van der Waals surface area contributed by atoms with E-state index in [1.54, 1.807) is 0 Å². The first kappa shape index (κ1) is 29.0. The predicted octanol–water partition coefficient (Wildman–Crippen LogP) is 3.18. The van der Waals surface area contributed by atoms with E-state index < -0.39 is 18.0 Å². The molecule has 0 saturated carbocycles. The van der Waals surface area contributed by atoms with Crippen LogP contribution in [0, 0.1) is 0 Å². The highest BCUT2D eigenvalue weighted by atomic mass is 16.7. The number of aliphatic hydroxyl groups excluding tert-OH is 2. The van der Waals surface area contributed by atoms with Gasteiger partial charge in [0.1, 0.15) is 12.2 Å². The van der Waals surface area contributed by atoms with Crippen LogP contribution in [0.4, 0.5) is 0 Å². The normalized spacial score (nSPS) is 19.0. The number of carbonyl (C=O) groups is 2. The lowest BCUT2D eigenvalue weighted by Gasteiger charge is -2.14. The molecule has 3 unspecified atom stereocenters. The zero-order chi connectivity index (χ0) is 21.8. The number of aliphatic hydroxyl groups is 2. The number of rotatable bonds is 12. The van der Waals surface area contributed by atoms with Gasteiger partial charge in [-0.2, -0.15) is 0 Å². The van der Waals surface area contributed by atoms with Gasteiger partial charge >= 0.3 is 0 Å². The summed E-state index contributed by atoms with van der Waals surface area (Å²) in [6, 6.07) is 0. The third-order valence-electron chi connectivity index (χ3n) is 3.93. The molecule has 0 aliphatic carbocycles. The van der Waals surface area contributed by atoms with Crippen LogP contribution in [0.1, 0.15) is 85.0 Å². The molecule has 0 amide bonds. The average Bonchev–Trinajstić information content (AvgIpc) is 3.07. The molecule has 0 aromatic carbocycles. The van der Waals surface area contributed by atoms with Gasteiger partial charge in [0.15, 0.2) is 6.29 Å². The van der Waals surface area contributed by atoms with Crippen LogP contribution >= 0.6 is 0 Å². The third-order valence-corrected chi connectivity index (χ3v) is 3.93. The lowest BCUT2D eigenvalue weighted by atomic mass is 10.1. The van der Waals surface area contributed by atoms with Crippen LogP contribution in [0.2, 0.25) is 0 Å². The summed E-state index contributed by atoms with van der Waals surface area (Å²) in [4.78, 5) is 18.0. The minimum Gasteiger partial charge on any atom is -0.481 e. The van der Waals surface area contributed by atoms with Crippen molar-refractivity contribution in [3.05, 3.63) is 0 Å². The van der Waals surface area contributed by atoms with Gasteiger partial charge in [-0.3, -0.25) is 9.59 Å². The van der Waals surface area contributed by atoms with Crippen molar-refractivity contribution in [3.63, 3.8) is 0 Å². The smallest absolute Gasteiger partial charge is 0.300 e. The van der Waals surface area contributed by atoms with Crippen molar-refractivity contribution in [2.75, 3.05) is 13.2 Å². The van der Waals surface area contributed by atoms with Gasteiger partial charge in [0.05, 0.1) is 13.2 Å². The first-order chi connectivity index (χ1) is 13.2. The summed E-state index contributed by atoms with van der Waals surface area (Å²) in [7, 11) is 0. The zero-order valence-electron chi connectivity index (χ0n) is 17.6. The topological polar surface area (TPSA) is 134 Å². The van der Waals surface area contributed by atoms with Gasteiger partial charge in [0, 0.05) is 13.8 Å². The van der Waals surface area contributed by atoms with Crippen LogP contribution in [-0.4, -0.2) is 64.1 Å². The summed E-state index contributed by atoms with van der Waals surface area (Å²) in [5, 5.41) is 33.1. The highest BCUT2D eigenvalue weighted by molar-refractivity contribution is 5.63. The Balaban J connectivity index is 0. The SMILES string of the molecule is CC(=O)O.CC(=O)O.CCCCCCCCCCCC1OCC(C(O)CO)O1. The van der Waals surface area contributed by atoms with Gasteiger partial charge in [-0.15, -0.1) is 0 Å². The number of unbranched alkanes of at least 4 members (excludes halogenated alkanes) is 8. The van der Waals surface area contributed by atoms with Crippen LogP contribution in [0.3, 0.4) is 0 Å². The molecule has 0 bridgehead atoms. The molecule has 4 N–H and O–H groups in total. The Morgan fingerprint density at radius 3 is 1.79 bits per heavy atom. The Labute approximate surface area is 168 Å². The molecule has 0 radical (unpaired) electrons. The molecule has 1 aliphatic heterocycles. The standard InChI is InChI=1S/C16H32O4.2C2H4O2/c1-2-3-4-5-6-7-8-9-10-11-16-19-13-15(20-16)14(18)12-17;2*1-2(3)4/h14-18H,2-13H2,1H3;2*1H3,(H,3,4). The van der Waals surface area contributed by atoms with Gasteiger partial charge in [-0.1, -0.05) is 58.3 Å². The molecule has 1 saturated heterocycles. The van der Waals surface area contributed by atoms with Gasteiger partial charge in [0.25, 0.3) is 11.9 Å². The Morgan fingerprint density at radius 2 is 1.36 bits per heavy atom. The summed E-state index contributed by atoms with van der Waals surface area (Å²) in [5.74, 6) is -1.67. The molecule has 8 nitrogen and oxygen atoms in total. The summed E-state index contributed by atoms with van der Waals surface area (Å²) in [6.45, 7) is 4.54. The molecule has 3 atom stereocenters. The van der Waals surface area contributed by atoms with Crippen molar-refractivity contribution in [2.45, 2.75) is 103 Å². The second-order valence-corrected chi connectivity index (χ2v) is 6.84. The van der Waals surface area contributed by atoms with Gasteiger partial charge in [-0.25, -0.2) is 0 Å². The molecule has 0 aromatic heterocycles. The molecular formula is C20H40O8. The van der Waals surface area contributed by atoms with Crippen molar-refractivity contribution < 1.29 is 39.5 Å².